The molecular formula is C19H20N2O4. The van der Waals surface area contributed by atoms with Crippen LogP contribution in [0.1, 0.15) is 39.9 Å². The third-order valence-electron chi connectivity index (χ3n) is 4.77. The summed E-state index contributed by atoms with van der Waals surface area (Å²) in [5, 5.41) is 24.7. The molecule has 0 saturated heterocycles. The van der Waals surface area contributed by atoms with Crippen LogP contribution in [0.4, 0.5) is 5.69 Å². The first-order valence-electron chi connectivity index (χ1n) is 8.25. The van der Waals surface area contributed by atoms with E-state index in [9.17, 15) is 20.0 Å². The summed E-state index contributed by atoms with van der Waals surface area (Å²) in [7, 11) is 0. The summed E-state index contributed by atoms with van der Waals surface area (Å²) in [6.07, 6.45) is 2.33. The number of aryl methyl sites for hydroxylation is 2. The molecule has 0 bridgehead atoms. The SMILES string of the molecule is Cc1ccc([N+](=O)[O-])cc1C(=O)NCC1(O)CCCc2ccccc21. The van der Waals surface area contributed by atoms with Crippen LogP contribution in [0.2, 0.25) is 0 Å². The van der Waals surface area contributed by atoms with Crippen molar-refractivity contribution in [3.05, 3.63) is 74.8 Å². The molecular weight excluding hydrogens is 320 g/mol. The number of nitro groups is 1. The molecule has 2 N–H and O–H groups in total. The lowest BCUT2D eigenvalue weighted by Crippen LogP contribution is -2.43. The van der Waals surface area contributed by atoms with Crippen LogP contribution in [0.3, 0.4) is 0 Å². The van der Waals surface area contributed by atoms with Gasteiger partial charge in [-0.15, -0.1) is 0 Å². The van der Waals surface area contributed by atoms with Crippen LogP contribution in [-0.4, -0.2) is 22.5 Å². The summed E-state index contributed by atoms with van der Waals surface area (Å²) in [5.74, 6) is -0.419. The lowest BCUT2D eigenvalue weighted by atomic mass is 9.79. The summed E-state index contributed by atoms with van der Waals surface area (Å²) < 4.78 is 0. The second-order valence-electron chi connectivity index (χ2n) is 6.48. The average Bonchev–Trinajstić information content (AvgIpc) is 2.60. The fourth-order valence-electron chi connectivity index (χ4n) is 3.37. The third kappa shape index (κ3) is 3.39. The zero-order chi connectivity index (χ0) is 18.0. The summed E-state index contributed by atoms with van der Waals surface area (Å²) in [4.78, 5) is 22.9. The van der Waals surface area contributed by atoms with Gasteiger partial charge in [-0.2, -0.15) is 0 Å². The molecule has 3 rings (SSSR count). The van der Waals surface area contributed by atoms with E-state index in [2.05, 4.69) is 5.32 Å². The largest absolute Gasteiger partial charge is 0.383 e. The molecule has 2 aromatic carbocycles. The molecule has 6 heteroatoms. The minimum Gasteiger partial charge on any atom is -0.383 e. The van der Waals surface area contributed by atoms with Crippen molar-refractivity contribution >= 4 is 11.6 Å². The van der Waals surface area contributed by atoms with E-state index in [4.69, 9.17) is 0 Å². The van der Waals surface area contributed by atoms with Crippen LogP contribution in [0, 0.1) is 17.0 Å². The third-order valence-corrected chi connectivity index (χ3v) is 4.77. The summed E-state index contributed by atoms with van der Waals surface area (Å²) in [5.41, 5.74) is 1.60. The molecule has 0 radical (unpaired) electrons. The van der Waals surface area contributed by atoms with Crippen LogP contribution in [0.15, 0.2) is 42.5 Å². The number of nitrogens with zero attached hydrogens (tertiary/aromatic N) is 1. The minimum atomic E-state index is -1.11. The van der Waals surface area contributed by atoms with E-state index in [0.717, 1.165) is 24.0 Å². The monoisotopic (exact) mass is 340 g/mol. The average molecular weight is 340 g/mol. The maximum absolute atomic E-state index is 12.5. The Kier molecular flexibility index (Phi) is 4.55. The highest BCUT2D eigenvalue weighted by Crippen LogP contribution is 2.34. The number of aliphatic hydroxyl groups is 1. The summed E-state index contributed by atoms with van der Waals surface area (Å²) in [6, 6.07) is 11.9. The van der Waals surface area contributed by atoms with Crippen molar-refractivity contribution in [1.82, 2.24) is 5.32 Å². The predicted octanol–water partition coefficient (Wildman–Crippen LogP) is 2.86. The lowest BCUT2D eigenvalue weighted by Gasteiger charge is -2.34. The zero-order valence-electron chi connectivity index (χ0n) is 14.0. The molecule has 6 nitrogen and oxygen atoms in total. The van der Waals surface area contributed by atoms with Gasteiger partial charge >= 0.3 is 0 Å². The molecule has 130 valence electrons. The number of fused-ring (bicyclic) bond motifs is 1. The molecule has 0 aromatic heterocycles. The number of carbonyl (C=O) groups is 1. The van der Waals surface area contributed by atoms with Crippen molar-refractivity contribution in [2.45, 2.75) is 31.8 Å². The van der Waals surface area contributed by atoms with Crippen molar-refractivity contribution in [3.8, 4) is 0 Å². The molecule has 1 amide bonds. The molecule has 1 aliphatic rings. The molecule has 0 saturated carbocycles. The predicted molar refractivity (Wildman–Crippen MR) is 93.4 cm³/mol. The molecule has 1 unspecified atom stereocenters. The maximum atomic E-state index is 12.5. The lowest BCUT2D eigenvalue weighted by molar-refractivity contribution is -0.384. The van der Waals surface area contributed by atoms with E-state index in [1.54, 1.807) is 13.0 Å². The number of amides is 1. The number of hydrogen-bond acceptors (Lipinski definition) is 4. The highest BCUT2D eigenvalue weighted by atomic mass is 16.6. The van der Waals surface area contributed by atoms with Crippen LogP contribution >= 0.6 is 0 Å². The quantitative estimate of drug-likeness (QED) is 0.661. The first-order chi connectivity index (χ1) is 11.9. The van der Waals surface area contributed by atoms with E-state index in [-0.39, 0.29) is 17.8 Å². The van der Waals surface area contributed by atoms with Gasteiger partial charge in [-0.25, -0.2) is 0 Å². The number of benzene rings is 2. The van der Waals surface area contributed by atoms with Crippen molar-refractivity contribution in [3.63, 3.8) is 0 Å². The minimum absolute atomic E-state index is 0.0744. The van der Waals surface area contributed by atoms with Gasteiger partial charge in [0.1, 0.15) is 5.60 Å². The molecule has 1 aliphatic carbocycles. The van der Waals surface area contributed by atoms with E-state index in [1.807, 2.05) is 24.3 Å². The Hall–Kier alpha value is -2.73. The van der Waals surface area contributed by atoms with E-state index >= 15 is 0 Å². The Morgan fingerprint density at radius 1 is 1.32 bits per heavy atom. The highest BCUT2D eigenvalue weighted by Gasteiger charge is 2.34. The van der Waals surface area contributed by atoms with Gasteiger partial charge in [0, 0.05) is 17.7 Å². The van der Waals surface area contributed by atoms with Crippen LogP contribution in [0.25, 0.3) is 0 Å². The fourth-order valence-corrected chi connectivity index (χ4v) is 3.37. The highest BCUT2D eigenvalue weighted by molar-refractivity contribution is 5.96. The van der Waals surface area contributed by atoms with Gasteiger partial charge in [0.15, 0.2) is 0 Å². The second kappa shape index (κ2) is 6.64. The number of nitrogens with one attached hydrogen (secondary N) is 1. The first-order valence-corrected chi connectivity index (χ1v) is 8.25. The van der Waals surface area contributed by atoms with Gasteiger partial charge in [-0.05, 0) is 42.9 Å². The normalized spacial score (nSPS) is 19.1. The Morgan fingerprint density at radius 3 is 2.84 bits per heavy atom. The van der Waals surface area contributed by atoms with Gasteiger partial charge in [0.2, 0.25) is 0 Å². The maximum Gasteiger partial charge on any atom is 0.270 e. The Labute approximate surface area is 145 Å². The van der Waals surface area contributed by atoms with Crippen molar-refractivity contribution in [2.75, 3.05) is 6.54 Å². The van der Waals surface area contributed by atoms with Crippen molar-refractivity contribution < 1.29 is 14.8 Å². The van der Waals surface area contributed by atoms with E-state index in [1.165, 1.54) is 12.1 Å². The molecule has 2 aromatic rings. The number of rotatable bonds is 4. The summed E-state index contributed by atoms with van der Waals surface area (Å²) >= 11 is 0. The van der Waals surface area contributed by atoms with Crippen molar-refractivity contribution in [2.24, 2.45) is 0 Å². The number of nitro benzene ring substituents is 1. The number of hydrogen-bond donors (Lipinski definition) is 2. The Balaban J connectivity index is 1.79. The standard InChI is InChI=1S/C19H20N2O4/c1-13-8-9-15(21(24)25)11-16(13)18(22)20-12-19(23)10-4-6-14-5-2-3-7-17(14)19/h2-3,5,7-9,11,23H,4,6,10,12H2,1H3,(H,20,22). The van der Waals surface area contributed by atoms with Crippen LogP contribution in [-0.2, 0) is 12.0 Å². The zero-order valence-corrected chi connectivity index (χ0v) is 14.0. The molecule has 0 aliphatic heterocycles. The Bertz CT molecular complexity index is 834. The van der Waals surface area contributed by atoms with Gasteiger partial charge in [0.25, 0.3) is 11.6 Å². The second-order valence-corrected chi connectivity index (χ2v) is 6.48. The van der Waals surface area contributed by atoms with Crippen LogP contribution in [0.5, 0.6) is 0 Å². The fraction of sp³-hybridized carbons (Fsp3) is 0.316. The molecule has 0 spiro atoms. The molecule has 1 atom stereocenters. The number of carbonyl (C=O) groups excluding carboxylic acids is 1. The van der Waals surface area contributed by atoms with Crippen LogP contribution < -0.4 is 5.32 Å². The van der Waals surface area contributed by atoms with Crippen molar-refractivity contribution in [1.29, 1.82) is 0 Å². The van der Waals surface area contributed by atoms with Gasteiger partial charge in [-0.3, -0.25) is 14.9 Å². The molecule has 0 heterocycles. The molecule has 0 fully saturated rings. The summed E-state index contributed by atoms with van der Waals surface area (Å²) in [6.45, 7) is 1.80. The van der Waals surface area contributed by atoms with Gasteiger partial charge in [0.05, 0.1) is 11.5 Å². The van der Waals surface area contributed by atoms with Gasteiger partial charge < -0.3 is 10.4 Å². The Morgan fingerprint density at radius 2 is 2.08 bits per heavy atom. The van der Waals surface area contributed by atoms with E-state index < -0.39 is 16.4 Å². The topological polar surface area (TPSA) is 92.5 Å². The first kappa shape index (κ1) is 17.1. The van der Waals surface area contributed by atoms with Gasteiger partial charge in [-0.1, -0.05) is 30.3 Å². The van der Waals surface area contributed by atoms with E-state index in [0.29, 0.717) is 12.0 Å². The smallest absolute Gasteiger partial charge is 0.270 e. The molecule has 25 heavy (non-hydrogen) atoms. The number of non-ortho nitro benzene ring substituents is 1.